The Labute approximate surface area is 248 Å². The molecule has 6 nitrogen and oxygen atoms in total. The fourth-order valence-electron chi connectivity index (χ4n) is 4.97. The summed E-state index contributed by atoms with van der Waals surface area (Å²) < 4.78 is 47.1. The average Bonchev–Trinajstić information content (AvgIpc) is 3.33. The third-order valence-electron chi connectivity index (χ3n) is 6.96. The first-order valence-electron chi connectivity index (χ1n) is 12.8. The van der Waals surface area contributed by atoms with Gasteiger partial charge in [0.2, 0.25) is 0 Å². The van der Waals surface area contributed by atoms with Crippen molar-refractivity contribution < 1.29 is 32.6 Å². The van der Waals surface area contributed by atoms with Crippen molar-refractivity contribution >= 4 is 55.1 Å². The Balaban J connectivity index is 1.33. The van der Waals surface area contributed by atoms with Gasteiger partial charge in [0.15, 0.2) is 0 Å². The summed E-state index contributed by atoms with van der Waals surface area (Å²) in [5.74, 6) is -0.269. The van der Waals surface area contributed by atoms with Gasteiger partial charge in [-0.2, -0.15) is 0 Å². The second-order valence-corrected chi connectivity index (χ2v) is 18.3. The van der Waals surface area contributed by atoms with Crippen LogP contribution in [0.4, 0.5) is 18.4 Å². The molecule has 0 amide bonds. The van der Waals surface area contributed by atoms with E-state index in [1.54, 1.807) is 30.3 Å². The molecule has 0 radical (unpaired) electrons. The molecule has 4 aromatic carbocycles. The number of hydrogen-bond donors (Lipinski definition) is 1. The third kappa shape index (κ3) is 5.54. The fraction of sp³-hybridized carbons (Fsp3) is 0.0938. The Morgan fingerprint density at radius 2 is 1.36 bits per heavy atom. The number of aryl methyl sites for hydroxylation is 1. The number of nitrogens with one attached hydrogen (secondary N) is 1. The molecule has 6 rings (SSSR count). The van der Waals surface area contributed by atoms with E-state index in [0.717, 1.165) is 27.7 Å². The van der Waals surface area contributed by atoms with Crippen LogP contribution < -0.4 is 14.2 Å². The molecule has 1 aromatic heterocycles. The second kappa shape index (κ2) is 11.3. The van der Waals surface area contributed by atoms with Gasteiger partial charge in [-0.15, -0.1) is 0 Å². The maximum absolute atomic E-state index is 13.8. The van der Waals surface area contributed by atoms with Gasteiger partial charge in [-0.25, -0.2) is 4.39 Å². The minimum absolute atomic E-state index is 0.140. The predicted octanol–water partition coefficient (Wildman–Crippen LogP) is 9.00. The van der Waals surface area contributed by atoms with E-state index in [4.69, 9.17) is 25.8 Å². The Kier molecular flexibility index (Phi) is 7.54. The van der Waals surface area contributed by atoms with E-state index in [1.807, 2.05) is 12.1 Å². The Bertz CT molecular complexity index is 1850. The first-order chi connectivity index (χ1) is 20.2. The number of halogens is 4. The van der Waals surface area contributed by atoms with Crippen LogP contribution in [-0.2, 0) is 6.42 Å². The molecule has 0 bridgehead atoms. The van der Waals surface area contributed by atoms with E-state index < -0.39 is 35.7 Å². The van der Waals surface area contributed by atoms with Gasteiger partial charge in [-0.3, -0.25) is 0 Å². The van der Waals surface area contributed by atoms with Crippen LogP contribution in [0, 0.1) is 11.6 Å². The minimum atomic E-state index is -3.74. The van der Waals surface area contributed by atoms with Gasteiger partial charge in [0, 0.05) is 0 Å². The van der Waals surface area contributed by atoms with E-state index in [0.29, 0.717) is 15.9 Å². The SMILES string of the molecule is C=I1(C(=O)Oc2ccc(F)cc2)CCc2c([nH]c3ccc(Cl)cc23)C1c1ccc(OC(=O)Oc2ccc(F)cc2)cc1. The molecule has 0 saturated heterocycles. The first-order valence-corrected chi connectivity index (χ1v) is 18.5. The number of carbonyl (C=O) groups excluding carboxylic acids is 2. The average molecular weight is 702 g/mol. The van der Waals surface area contributed by atoms with Crippen molar-refractivity contribution in [3.63, 3.8) is 0 Å². The number of aromatic amines is 1. The van der Waals surface area contributed by atoms with Crippen molar-refractivity contribution in [2.24, 2.45) is 0 Å². The normalized spacial score (nSPS) is 19.4. The molecule has 1 aliphatic rings. The predicted molar refractivity (Wildman–Crippen MR) is 167 cm³/mol. The van der Waals surface area contributed by atoms with E-state index in [9.17, 15) is 18.4 Å². The Morgan fingerprint density at radius 3 is 1.95 bits per heavy atom. The first kappa shape index (κ1) is 28.0. The van der Waals surface area contributed by atoms with E-state index in [-0.39, 0.29) is 25.1 Å². The summed E-state index contributed by atoms with van der Waals surface area (Å²) in [5, 5.41) is 1.60. The van der Waals surface area contributed by atoms with Crippen molar-refractivity contribution in [1.82, 2.24) is 4.98 Å². The van der Waals surface area contributed by atoms with Crippen molar-refractivity contribution in [2.75, 3.05) is 4.43 Å². The number of rotatable bonds is 5. The zero-order chi connectivity index (χ0) is 29.4. The Hall–Kier alpha value is -4.09. The van der Waals surface area contributed by atoms with Crippen LogP contribution in [0.1, 0.15) is 20.7 Å². The molecule has 10 heteroatoms. The number of carbonyl (C=O) groups is 2. The zero-order valence-corrected chi connectivity index (χ0v) is 24.8. The van der Waals surface area contributed by atoms with Gasteiger partial charge < -0.3 is 0 Å². The number of fused-ring (bicyclic) bond motifs is 3. The summed E-state index contributed by atoms with van der Waals surface area (Å²) in [6.45, 7) is 0. The molecule has 0 fully saturated rings. The molecule has 0 aliphatic carbocycles. The maximum atomic E-state index is 13.8. The van der Waals surface area contributed by atoms with Crippen LogP contribution >= 0.6 is 29.6 Å². The van der Waals surface area contributed by atoms with Gasteiger partial charge in [0.25, 0.3) is 0 Å². The quantitative estimate of drug-likeness (QED) is 0.0651. The second-order valence-electron chi connectivity index (χ2n) is 9.65. The molecule has 0 saturated carbocycles. The van der Waals surface area contributed by atoms with Gasteiger partial charge in [0.05, 0.1) is 0 Å². The van der Waals surface area contributed by atoms with Crippen LogP contribution in [0.2, 0.25) is 5.02 Å². The van der Waals surface area contributed by atoms with Crippen LogP contribution in [0.25, 0.3) is 10.9 Å². The van der Waals surface area contributed by atoms with Gasteiger partial charge in [-0.1, -0.05) is 0 Å². The summed E-state index contributed by atoms with van der Waals surface area (Å²) in [4.78, 5) is 29.6. The van der Waals surface area contributed by atoms with Gasteiger partial charge >= 0.3 is 245 Å². The molecule has 42 heavy (non-hydrogen) atoms. The van der Waals surface area contributed by atoms with E-state index in [1.165, 1.54) is 48.5 Å². The number of hydrogen-bond acceptors (Lipinski definition) is 5. The van der Waals surface area contributed by atoms with E-state index in [2.05, 4.69) is 9.50 Å². The van der Waals surface area contributed by atoms with Crippen LogP contribution in [-0.4, -0.2) is 24.1 Å². The summed E-state index contributed by atoms with van der Waals surface area (Å²) >= 11 is 2.57. The van der Waals surface area contributed by atoms with Crippen molar-refractivity contribution in [2.45, 2.75) is 10.3 Å². The number of H-pyrrole nitrogens is 1. The van der Waals surface area contributed by atoms with Crippen molar-refractivity contribution in [1.29, 1.82) is 0 Å². The number of benzene rings is 4. The molecule has 2 atom stereocenters. The number of alkyl halides is 2. The van der Waals surface area contributed by atoms with E-state index >= 15 is 0 Å². The standard InChI is InChI=1S/C32H23ClF2INO5/c1-36(31(38)40-23-11-5-21(34)6-12-23)17-16-26-27-18-20(33)4-15-28(27)37-30(26)29(36)19-2-9-24(10-3-19)41-32(39)42-25-13-7-22(35)8-14-25/h2-15,18,29,37H,1,16-17H2. The topological polar surface area (TPSA) is 77.6 Å². The summed E-state index contributed by atoms with van der Waals surface area (Å²) in [6, 6.07) is 22.7. The van der Waals surface area contributed by atoms with Crippen molar-refractivity contribution in [3.8, 4) is 17.2 Å². The molecule has 2 unspecified atom stereocenters. The molecule has 2 heterocycles. The molecule has 214 valence electrons. The summed E-state index contributed by atoms with van der Waals surface area (Å²) in [5.41, 5.74) is 3.65. The molecular formula is C32H23ClF2INO5. The molecule has 1 N–H and O–H groups in total. The number of aromatic nitrogens is 1. The Morgan fingerprint density at radius 1 is 0.810 bits per heavy atom. The van der Waals surface area contributed by atoms with Crippen LogP contribution in [0.3, 0.4) is 0 Å². The van der Waals surface area contributed by atoms with Crippen molar-refractivity contribution in [3.05, 3.63) is 124 Å². The summed E-state index contributed by atoms with van der Waals surface area (Å²) in [7, 11) is 0. The molecule has 5 aromatic rings. The third-order valence-corrected chi connectivity index (χ3v) is 15.4. The zero-order valence-electron chi connectivity index (χ0n) is 21.9. The van der Waals surface area contributed by atoms with Gasteiger partial charge in [-0.05, 0) is 0 Å². The monoisotopic (exact) mass is 701 g/mol. The molecule has 0 spiro atoms. The summed E-state index contributed by atoms with van der Waals surface area (Å²) in [6.07, 6.45) is -0.352. The van der Waals surface area contributed by atoms with Gasteiger partial charge in [0.1, 0.15) is 0 Å². The van der Waals surface area contributed by atoms with Crippen LogP contribution in [0.15, 0.2) is 91.0 Å². The molecule has 1 aliphatic heterocycles. The fourth-order valence-corrected chi connectivity index (χ4v) is 12.4. The van der Waals surface area contributed by atoms with Crippen LogP contribution in [0.5, 0.6) is 17.2 Å². The molecular weight excluding hydrogens is 679 g/mol. The number of ether oxygens (including phenoxy) is 3.